The molecule has 6 aromatic heterocycles. The van der Waals surface area contributed by atoms with Crippen molar-refractivity contribution in [3.05, 3.63) is 258 Å². The fraction of sp³-hybridized carbons (Fsp3) is 0.136. The zero-order valence-corrected chi connectivity index (χ0v) is 60.3. The number of carboxylic acid groups (broad SMARTS) is 8. The van der Waals surface area contributed by atoms with E-state index >= 15 is 0 Å². The van der Waals surface area contributed by atoms with Crippen molar-refractivity contribution in [3.8, 4) is 0 Å². The molecule has 95 heavy (non-hydrogen) atoms. The van der Waals surface area contributed by atoms with E-state index in [0.717, 1.165) is 75.1 Å². The van der Waals surface area contributed by atoms with Crippen molar-refractivity contribution in [1.29, 1.82) is 0 Å². The maximum atomic E-state index is 12.0. The number of hydrogen-bond donors (Lipinski definition) is 10. The van der Waals surface area contributed by atoms with Crippen LogP contribution in [0.2, 0.25) is 0 Å². The van der Waals surface area contributed by atoms with Gasteiger partial charge in [0.15, 0.2) is 11.4 Å². The Hall–Kier alpha value is -8.33. The van der Waals surface area contributed by atoms with Crippen LogP contribution >= 0.6 is 83.4 Å². The molecule has 9 rings (SSSR count). The Bertz CT molecular complexity index is 4040. The van der Waals surface area contributed by atoms with E-state index in [1.54, 1.807) is 42.1 Å². The Kier molecular flexibility index (Phi) is 40.5. The summed E-state index contributed by atoms with van der Waals surface area (Å²) < 4.78 is 1.86. The summed E-state index contributed by atoms with van der Waals surface area (Å²) in [5.41, 5.74) is 0.617. The minimum Gasteiger partial charge on any atom is -0.870 e. The van der Waals surface area contributed by atoms with E-state index < -0.39 is 87.1 Å². The largest absolute Gasteiger partial charge is 1.00 e. The summed E-state index contributed by atoms with van der Waals surface area (Å²) in [4.78, 5) is 125. The summed E-state index contributed by atoms with van der Waals surface area (Å²) in [6.07, 6.45) is 1.87. The van der Waals surface area contributed by atoms with Crippen molar-refractivity contribution < 1.29 is 151 Å². The third-order valence-corrected chi connectivity index (χ3v) is 14.6. The van der Waals surface area contributed by atoms with Crippen molar-refractivity contribution in [1.82, 2.24) is 29.7 Å². The number of carboxylic acids is 8. The smallest absolute Gasteiger partial charge is 0.870 e. The number of aromatic carboxylic acids is 8. The molecule has 36 heteroatoms. The Balaban J connectivity index is 0.00000109. The van der Waals surface area contributed by atoms with E-state index in [0.29, 0.717) is 16.2 Å². The minimum atomic E-state index is -1.53. The number of alkyl halides is 1. The summed E-state index contributed by atoms with van der Waals surface area (Å²) in [5.74, 6) is -9.22. The first-order valence-corrected chi connectivity index (χ1v) is 29.9. The van der Waals surface area contributed by atoms with Crippen LogP contribution in [0, 0.1) is 32.9 Å². The Morgan fingerprint density at radius 2 is 1.09 bits per heavy atom. The van der Waals surface area contributed by atoms with Crippen LogP contribution < -0.4 is 77.4 Å². The first-order valence-electron chi connectivity index (χ1n) is 25.6. The molecule has 1 aliphatic heterocycles. The number of nitrogens with zero attached hydrogens (tertiary/aromatic N) is 6. The molecule has 0 spiro atoms. The number of benzene rings is 2. The summed E-state index contributed by atoms with van der Waals surface area (Å²) in [6, 6.07) is 34.7. The zero-order valence-electron chi connectivity index (χ0n) is 50.0. The van der Waals surface area contributed by atoms with E-state index in [9.17, 15) is 53.2 Å². The number of halogens is 4. The molecule has 0 bridgehead atoms. The van der Waals surface area contributed by atoms with Gasteiger partial charge < -0.3 is 66.9 Å². The standard InChI is InChI=1S/C14H11NO6.C7H4BrNO5.C7H4BrNO4.C7H8BrN.C7H7Cl.C7H5NO6.C7H9N.C3H5NS2.K.H2O/c16-12-10(13(17)18)6-7-11(14(19)20)15(12)21-8-9-4-2-1-3-5-9;8-5-3(6(10)11)1-2-4(7(12)13)9(5)14;8-5-3(6(10)11)1-2-4(9-5)7(12)13;1-5-3-4-6(2)9-7(5)8;8-6-7-4-2-1-3-5-7;9-5-3(6(10)11)1-2-4(7(12)13)8(5)14;1-6-3-4-7(2)8-5-6;5-3-4-1-2-6-3;;/h1-7H,8H2,(H,17,18)(H,19,20);1-2H,(H,10,11)(H,12,13);1-2H,(H,10,11)(H,12,13);3-4H,1-2H3;1-5H,6H2;1-2,14H,(H,10,11)(H,12,13);3-5H,1-2H3;1-2H2,(H,4,5);;1H2/q;;;;;;;;+1;/p-1. The molecule has 1 fully saturated rings. The van der Waals surface area contributed by atoms with Crippen LogP contribution in [0.5, 0.6) is 0 Å². The second-order valence-electron chi connectivity index (χ2n) is 17.7. The van der Waals surface area contributed by atoms with Gasteiger partial charge in [0.2, 0.25) is 0 Å². The molecular weight excluding hydrogens is 1540 g/mol. The molecule has 498 valence electrons. The van der Waals surface area contributed by atoms with Crippen LogP contribution in [0.3, 0.4) is 0 Å². The van der Waals surface area contributed by atoms with Gasteiger partial charge in [0, 0.05) is 57.8 Å². The second kappa shape index (κ2) is 44.4. The van der Waals surface area contributed by atoms with E-state index in [2.05, 4.69) is 74.1 Å². The number of pyridine rings is 6. The molecule has 0 atom stereocenters. The molecule has 1 saturated heterocycles. The SMILES string of the molecule is Cc1ccc(C)c(Br)n1.Cc1ccc(C)nc1.ClCc1ccccc1.O=C(O)c1ccc(C(=O)O)[n+]([O-])c1Br.O=C(O)c1ccc(C(=O)O)c(Br)n1.O=C(O)c1ccc(C(=O)O)n(O)c1=O.O=C(O)c1ccc(C(=O)O)n(OCc2ccccc2)c1=O.S=C1NCCS1.[K+].[OH-]. The quantitative estimate of drug-likeness (QED) is 0.0126. The first kappa shape index (κ1) is 86.7. The van der Waals surface area contributed by atoms with Gasteiger partial charge >= 0.3 is 105 Å². The predicted molar refractivity (Wildman–Crippen MR) is 352 cm³/mol. The van der Waals surface area contributed by atoms with E-state index in [4.69, 9.17) is 74.7 Å². The number of nitrogens with one attached hydrogen (secondary N) is 1. The molecule has 7 heterocycles. The van der Waals surface area contributed by atoms with Crippen molar-refractivity contribution in [2.75, 3.05) is 12.3 Å². The zero-order chi connectivity index (χ0) is 70.2. The van der Waals surface area contributed by atoms with Crippen LogP contribution in [-0.2, 0) is 12.5 Å². The van der Waals surface area contributed by atoms with Crippen molar-refractivity contribution in [2.24, 2.45) is 0 Å². The molecule has 0 radical (unpaired) electrons. The summed E-state index contributed by atoms with van der Waals surface area (Å²) in [7, 11) is 0. The molecule has 2 aromatic carbocycles. The van der Waals surface area contributed by atoms with Gasteiger partial charge in [-0.3, -0.25) is 14.6 Å². The molecule has 1 aliphatic rings. The number of carbonyl (C=O) groups is 8. The molecule has 0 aliphatic carbocycles. The fourth-order valence-electron chi connectivity index (χ4n) is 6.13. The van der Waals surface area contributed by atoms with Gasteiger partial charge in [-0.1, -0.05) is 96.8 Å². The van der Waals surface area contributed by atoms with Gasteiger partial charge in [-0.2, -0.15) is 4.73 Å². The average Bonchev–Trinajstić information content (AvgIpc) is 0.919. The molecule has 8 aromatic rings. The average molecular weight is 1590 g/mol. The van der Waals surface area contributed by atoms with Crippen molar-refractivity contribution in [2.45, 2.75) is 40.2 Å². The third kappa shape index (κ3) is 30.3. The van der Waals surface area contributed by atoms with Crippen LogP contribution in [0.4, 0.5) is 0 Å². The number of hydrogen-bond acceptors (Lipinski definition) is 19. The number of aryl methyl sites for hydroxylation is 4. The van der Waals surface area contributed by atoms with Crippen LogP contribution in [-0.4, -0.2) is 140 Å². The van der Waals surface area contributed by atoms with Crippen molar-refractivity contribution in [3.63, 3.8) is 0 Å². The first-order chi connectivity index (χ1) is 43.7. The Morgan fingerprint density at radius 1 is 0.600 bits per heavy atom. The number of thiocarbonyl (C=S) groups is 1. The molecule has 0 unspecified atom stereocenters. The Morgan fingerprint density at radius 3 is 1.48 bits per heavy atom. The summed E-state index contributed by atoms with van der Waals surface area (Å²) in [5, 5.41) is 92.2. The van der Waals surface area contributed by atoms with Gasteiger partial charge in [-0.25, -0.2) is 48.3 Å². The topological polar surface area (TPSA) is 480 Å². The van der Waals surface area contributed by atoms with E-state index in [-0.39, 0.29) is 99.0 Å². The molecule has 0 amide bonds. The maximum absolute atomic E-state index is 12.0. The van der Waals surface area contributed by atoms with Gasteiger partial charge in [-0.05, 0) is 136 Å². The summed E-state index contributed by atoms with van der Waals surface area (Å²) in [6.45, 7) is 9.01. The minimum absolute atomic E-state index is 0. The molecular formula is C59H54Br3ClKN7O22S2. The van der Waals surface area contributed by atoms with Gasteiger partial charge in [0.1, 0.15) is 42.5 Å². The number of thioether (sulfide) groups is 1. The molecule has 29 nitrogen and oxygen atoms in total. The number of aromatic nitrogens is 6. The third-order valence-electron chi connectivity index (χ3n) is 10.8. The normalized spacial score (nSPS) is 10.2. The van der Waals surface area contributed by atoms with E-state index in [1.165, 1.54) is 22.8 Å². The predicted octanol–water partition coefficient (Wildman–Crippen LogP) is 6.09. The van der Waals surface area contributed by atoms with Crippen LogP contribution in [0.15, 0.2) is 163 Å². The van der Waals surface area contributed by atoms with Crippen LogP contribution in [0.25, 0.3) is 0 Å². The van der Waals surface area contributed by atoms with Gasteiger partial charge in [-0.15, -0.1) is 21.1 Å². The van der Waals surface area contributed by atoms with E-state index in [1.807, 2.05) is 82.4 Å². The number of rotatable bonds is 12. The second-order valence-corrected chi connectivity index (χ2v) is 21.9. The van der Waals surface area contributed by atoms with Gasteiger partial charge in [0.05, 0.1) is 5.56 Å². The fourth-order valence-corrected chi connectivity index (χ4v) is 8.65. The monoisotopic (exact) mass is 1590 g/mol. The van der Waals surface area contributed by atoms with Gasteiger partial charge in [0.25, 0.3) is 15.7 Å². The summed E-state index contributed by atoms with van der Waals surface area (Å²) >= 11 is 20.9. The maximum Gasteiger partial charge on any atom is 1.00 e. The van der Waals surface area contributed by atoms with Crippen LogP contribution in [0.1, 0.15) is 117 Å². The molecule has 0 saturated carbocycles. The molecule has 11 N–H and O–H groups in total. The Labute approximate surface area is 620 Å². The van der Waals surface area contributed by atoms with Crippen molar-refractivity contribution >= 4 is 135 Å².